The second-order valence-corrected chi connectivity index (χ2v) is 9.55. The molecule has 1 aliphatic rings. The molecule has 7 heteroatoms. The first-order valence-electron chi connectivity index (χ1n) is 13.0. The minimum Gasteiger partial charge on any atom is -0.309 e. The largest absolute Gasteiger partial charge is 0.309 e. The van der Waals surface area contributed by atoms with Gasteiger partial charge in [0.25, 0.3) is 11.6 Å². The quantitative estimate of drug-likeness (QED) is 0.179. The van der Waals surface area contributed by atoms with E-state index in [9.17, 15) is 19.7 Å². The molecule has 1 heterocycles. The van der Waals surface area contributed by atoms with Gasteiger partial charge in [0.1, 0.15) is 0 Å². The first kappa shape index (κ1) is 26.1. The van der Waals surface area contributed by atoms with Crippen LogP contribution in [0, 0.1) is 10.1 Å². The molecule has 3 aromatic rings. The van der Waals surface area contributed by atoms with Crippen molar-refractivity contribution in [2.45, 2.75) is 64.5 Å². The van der Waals surface area contributed by atoms with Crippen LogP contribution in [0.2, 0.25) is 0 Å². The molecule has 0 aliphatic carbocycles. The zero-order valence-corrected chi connectivity index (χ0v) is 21.4. The number of carbonyl (C=O) groups excluding carboxylic acids is 2. The maximum atomic E-state index is 13.9. The zero-order chi connectivity index (χ0) is 26.4. The number of nitro benzene ring substituents is 1. The SMILES string of the molecule is CCCCCCC(=O)N1c2ccccc2[C@H](N(C(=O)c2ccc([N+](=O)[O-])cc2)c2ccccc2)C[C@H]1C. The number of non-ortho nitro benzene ring substituents is 1. The van der Waals surface area contributed by atoms with Gasteiger partial charge >= 0.3 is 0 Å². The Balaban J connectivity index is 1.71. The van der Waals surface area contributed by atoms with Gasteiger partial charge in [-0.2, -0.15) is 0 Å². The Labute approximate surface area is 217 Å². The summed E-state index contributed by atoms with van der Waals surface area (Å²) in [5.41, 5.74) is 2.80. The summed E-state index contributed by atoms with van der Waals surface area (Å²) in [5.74, 6) is -0.130. The van der Waals surface area contributed by atoms with Crippen LogP contribution in [0.15, 0.2) is 78.9 Å². The molecule has 0 saturated carbocycles. The number of para-hydroxylation sites is 2. The fraction of sp³-hybridized carbons (Fsp3) is 0.333. The van der Waals surface area contributed by atoms with E-state index in [4.69, 9.17) is 0 Å². The van der Waals surface area contributed by atoms with Crippen molar-refractivity contribution in [1.82, 2.24) is 0 Å². The Morgan fingerprint density at radius 2 is 1.62 bits per heavy atom. The van der Waals surface area contributed by atoms with Crippen molar-refractivity contribution in [2.75, 3.05) is 9.80 Å². The molecule has 37 heavy (non-hydrogen) atoms. The lowest BCUT2D eigenvalue weighted by Gasteiger charge is -2.43. The van der Waals surface area contributed by atoms with Crippen molar-refractivity contribution in [3.8, 4) is 0 Å². The molecule has 0 saturated heterocycles. The molecule has 0 radical (unpaired) electrons. The molecule has 3 aromatic carbocycles. The third-order valence-corrected chi connectivity index (χ3v) is 6.96. The van der Waals surface area contributed by atoms with Gasteiger partial charge in [0.2, 0.25) is 5.91 Å². The van der Waals surface area contributed by atoms with E-state index in [1.165, 1.54) is 24.3 Å². The molecular weight excluding hydrogens is 466 g/mol. The van der Waals surface area contributed by atoms with E-state index in [0.717, 1.165) is 42.6 Å². The monoisotopic (exact) mass is 499 g/mol. The molecule has 0 bridgehead atoms. The number of amides is 2. The number of fused-ring (bicyclic) bond motifs is 1. The van der Waals surface area contributed by atoms with Crippen LogP contribution in [0.3, 0.4) is 0 Å². The van der Waals surface area contributed by atoms with E-state index < -0.39 is 4.92 Å². The van der Waals surface area contributed by atoms with E-state index in [0.29, 0.717) is 18.4 Å². The number of rotatable bonds is 9. The molecule has 0 spiro atoms. The van der Waals surface area contributed by atoms with Crippen molar-refractivity contribution in [2.24, 2.45) is 0 Å². The van der Waals surface area contributed by atoms with Gasteiger partial charge in [-0.3, -0.25) is 19.7 Å². The summed E-state index contributed by atoms with van der Waals surface area (Å²) in [7, 11) is 0. The Hall–Kier alpha value is -4.00. The molecule has 2 amide bonds. The number of nitro groups is 1. The highest BCUT2D eigenvalue weighted by Gasteiger charge is 2.38. The number of anilines is 2. The molecule has 0 unspecified atom stereocenters. The van der Waals surface area contributed by atoms with Crippen LogP contribution in [0.1, 0.15) is 74.3 Å². The minimum atomic E-state index is -0.476. The number of nitrogens with zero attached hydrogens (tertiary/aromatic N) is 3. The standard InChI is InChI=1S/C30H33N3O4/c1-3-4-5-9-16-29(34)31-22(2)21-28(26-14-10-11-15-27(26)31)32(24-12-7-6-8-13-24)30(35)23-17-19-25(20-18-23)33(36)37/h6-8,10-15,17-20,22,28H,3-5,9,16,21H2,1-2H3/t22-,28-/m1/s1. The van der Waals surface area contributed by atoms with Crippen LogP contribution >= 0.6 is 0 Å². The lowest BCUT2D eigenvalue weighted by Crippen LogP contribution is -2.47. The van der Waals surface area contributed by atoms with Crippen molar-refractivity contribution in [3.63, 3.8) is 0 Å². The molecule has 192 valence electrons. The van der Waals surface area contributed by atoms with E-state index in [1.807, 2.05) is 66.4 Å². The second kappa shape index (κ2) is 11.8. The summed E-state index contributed by atoms with van der Waals surface area (Å²) in [6, 6.07) is 22.6. The van der Waals surface area contributed by atoms with Crippen molar-refractivity contribution < 1.29 is 14.5 Å². The van der Waals surface area contributed by atoms with Crippen LogP contribution in [-0.2, 0) is 4.79 Å². The summed E-state index contributed by atoms with van der Waals surface area (Å²) in [6.45, 7) is 4.19. The molecule has 0 fully saturated rings. The van der Waals surface area contributed by atoms with Gasteiger partial charge in [0, 0.05) is 41.5 Å². The lowest BCUT2D eigenvalue weighted by atomic mass is 9.89. The summed E-state index contributed by atoms with van der Waals surface area (Å²) in [5, 5.41) is 11.1. The van der Waals surface area contributed by atoms with Crippen molar-refractivity contribution >= 4 is 28.9 Å². The van der Waals surface area contributed by atoms with Gasteiger partial charge < -0.3 is 9.80 Å². The lowest BCUT2D eigenvalue weighted by molar-refractivity contribution is -0.384. The number of unbranched alkanes of at least 4 members (excludes halogenated alkanes) is 3. The molecule has 4 rings (SSSR count). The third-order valence-electron chi connectivity index (χ3n) is 6.96. The number of hydrogen-bond donors (Lipinski definition) is 0. The Bertz CT molecular complexity index is 1240. The summed E-state index contributed by atoms with van der Waals surface area (Å²) in [6.07, 6.45) is 5.24. The Morgan fingerprint density at radius 3 is 2.30 bits per heavy atom. The predicted octanol–water partition coefficient (Wildman–Crippen LogP) is 7.08. The van der Waals surface area contributed by atoms with Gasteiger partial charge in [-0.25, -0.2) is 0 Å². The summed E-state index contributed by atoms with van der Waals surface area (Å²) < 4.78 is 0. The number of benzene rings is 3. The summed E-state index contributed by atoms with van der Waals surface area (Å²) >= 11 is 0. The Morgan fingerprint density at radius 1 is 0.946 bits per heavy atom. The van der Waals surface area contributed by atoms with Gasteiger partial charge in [-0.15, -0.1) is 0 Å². The third kappa shape index (κ3) is 5.71. The molecule has 7 nitrogen and oxygen atoms in total. The minimum absolute atomic E-state index is 0.0625. The van der Waals surface area contributed by atoms with Crippen LogP contribution in [0.4, 0.5) is 17.1 Å². The first-order chi connectivity index (χ1) is 17.9. The average molecular weight is 500 g/mol. The molecule has 2 atom stereocenters. The average Bonchev–Trinajstić information content (AvgIpc) is 2.91. The van der Waals surface area contributed by atoms with Crippen LogP contribution in [0.5, 0.6) is 0 Å². The van der Waals surface area contributed by atoms with Gasteiger partial charge in [-0.1, -0.05) is 62.6 Å². The normalized spacial score (nSPS) is 16.6. The van der Waals surface area contributed by atoms with Gasteiger partial charge in [0.15, 0.2) is 0 Å². The molecule has 0 N–H and O–H groups in total. The topological polar surface area (TPSA) is 83.8 Å². The molecule has 0 aromatic heterocycles. The number of hydrogen-bond acceptors (Lipinski definition) is 4. The highest BCUT2D eigenvalue weighted by atomic mass is 16.6. The fourth-order valence-corrected chi connectivity index (χ4v) is 5.12. The maximum Gasteiger partial charge on any atom is 0.269 e. The highest BCUT2D eigenvalue weighted by Crippen LogP contribution is 2.43. The zero-order valence-electron chi connectivity index (χ0n) is 21.4. The highest BCUT2D eigenvalue weighted by molar-refractivity contribution is 6.07. The Kier molecular flexibility index (Phi) is 8.33. The fourth-order valence-electron chi connectivity index (χ4n) is 5.12. The first-order valence-corrected chi connectivity index (χ1v) is 13.0. The van der Waals surface area contributed by atoms with Crippen molar-refractivity contribution in [3.05, 3.63) is 100 Å². The number of carbonyl (C=O) groups is 2. The predicted molar refractivity (Wildman–Crippen MR) is 146 cm³/mol. The van der Waals surface area contributed by atoms with Crippen LogP contribution in [-0.4, -0.2) is 22.8 Å². The van der Waals surface area contributed by atoms with Gasteiger partial charge in [-0.05, 0) is 55.7 Å². The maximum absolute atomic E-state index is 13.9. The van der Waals surface area contributed by atoms with Crippen molar-refractivity contribution in [1.29, 1.82) is 0 Å². The van der Waals surface area contributed by atoms with E-state index >= 15 is 0 Å². The van der Waals surface area contributed by atoms with Crippen LogP contribution < -0.4 is 9.80 Å². The molecular formula is C30H33N3O4. The summed E-state index contributed by atoms with van der Waals surface area (Å²) in [4.78, 5) is 41.6. The van der Waals surface area contributed by atoms with E-state index in [2.05, 4.69) is 6.92 Å². The molecule has 1 aliphatic heterocycles. The van der Waals surface area contributed by atoms with E-state index in [-0.39, 0.29) is 29.6 Å². The smallest absolute Gasteiger partial charge is 0.269 e. The van der Waals surface area contributed by atoms with Gasteiger partial charge in [0.05, 0.1) is 11.0 Å². The second-order valence-electron chi connectivity index (χ2n) is 9.55. The van der Waals surface area contributed by atoms with E-state index in [1.54, 1.807) is 4.90 Å². The van der Waals surface area contributed by atoms with Crippen LogP contribution in [0.25, 0.3) is 0 Å².